The number of rotatable bonds is 10. The Morgan fingerprint density at radius 1 is 1.30 bits per heavy atom. The maximum Gasteiger partial charge on any atom is 0.224 e. The Morgan fingerprint density at radius 3 is 2.80 bits per heavy atom. The highest BCUT2D eigenvalue weighted by atomic mass is 35.5. The summed E-state index contributed by atoms with van der Waals surface area (Å²) in [7, 11) is 0. The van der Waals surface area contributed by atoms with Gasteiger partial charge in [0.1, 0.15) is 10.8 Å². The predicted molar refractivity (Wildman–Crippen MR) is 84.6 cm³/mol. The second-order valence-electron chi connectivity index (χ2n) is 5.07. The van der Waals surface area contributed by atoms with Crippen LogP contribution < -0.4 is 10.6 Å². The van der Waals surface area contributed by atoms with Crippen molar-refractivity contribution in [1.29, 1.82) is 0 Å². The maximum atomic E-state index is 6.07. The summed E-state index contributed by atoms with van der Waals surface area (Å²) in [4.78, 5) is 8.48. The predicted octanol–water partition coefficient (Wildman–Crippen LogP) is 3.43. The normalized spacial score (nSPS) is 10.8. The SMILES string of the molecule is CCCNc1ncc(Cl)c(NCCCOCC(C)C)n1. The summed E-state index contributed by atoms with van der Waals surface area (Å²) in [5.74, 6) is 1.85. The van der Waals surface area contributed by atoms with Crippen molar-refractivity contribution < 1.29 is 4.74 Å². The van der Waals surface area contributed by atoms with Crippen LogP contribution in [0.5, 0.6) is 0 Å². The van der Waals surface area contributed by atoms with E-state index < -0.39 is 0 Å². The van der Waals surface area contributed by atoms with E-state index in [-0.39, 0.29) is 0 Å². The fourth-order valence-corrected chi connectivity index (χ4v) is 1.67. The molecule has 1 rings (SSSR count). The molecule has 0 unspecified atom stereocenters. The molecular weight excluding hydrogens is 276 g/mol. The molecule has 20 heavy (non-hydrogen) atoms. The standard InChI is InChI=1S/C14H25ClN4O/c1-4-6-17-14-18-9-12(15)13(19-14)16-7-5-8-20-10-11(2)3/h9,11H,4-8,10H2,1-3H3,(H2,16,17,18,19). The summed E-state index contributed by atoms with van der Waals surface area (Å²) in [6.07, 6.45) is 3.57. The highest BCUT2D eigenvalue weighted by Crippen LogP contribution is 2.19. The lowest BCUT2D eigenvalue weighted by molar-refractivity contribution is 0.110. The molecule has 6 heteroatoms. The van der Waals surface area contributed by atoms with Crippen LogP contribution in [0.15, 0.2) is 6.20 Å². The molecule has 5 nitrogen and oxygen atoms in total. The third kappa shape index (κ3) is 6.91. The quantitative estimate of drug-likeness (QED) is 0.648. The summed E-state index contributed by atoms with van der Waals surface area (Å²) in [6.45, 7) is 9.56. The van der Waals surface area contributed by atoms with E-state index in [4.69, 9.17) is 16.3 Å². The molecule has 1 heterocycles. The molecular formula is C14H25ClN4O. The Balaban J connectivity index is 2.31. The third-order valence-electron chi connectivity index (χ3n) is 2.49. The molecule has 0 saturated carbocycles. The van der Waals surface area contributed by atoms with Crippen molar-refractivity contribution >= 4 is 23.4 Å². The van der Waals surface area contributed by atoms with E-state index >= 15 is 0 Å². The van der Waals surface area contributed by atoms with Crippen LogP contribution in [0.4, 0.5) is 11.8 Å². The van der Waals surface area contributed by atoms with E-state index in [1.54, 1.807) is 6.20 Å². The molecule has 0 bridgehead atoms. The molecule has 0 aromatic carbocycles. The minimum atomic E-state index is 0.537. The summed E-state index contributed by atoms with van der Waals surface area (Å²) in [6, 6.07) is 0. The van der Waals surface area contributed by atoms with Gasteiger partial charge in [0.05, 0.1) is 6.20 Å². The lowest BCUT2D eigenvalue weighted by atomic mass is 10.2. The van der Waals surface area contributed by atoms with Crippen molar-refractivity contribution in [3.63, 3.8) is 0 Å². The van der Waals surface area contributed by atoms with Crippen LogP contribution >= 0.6 is 11.6 Å². The highest BCUT2D eigenvalue weighted by molar-refractivity contribution is 6.32. The number of anilines is 2. The van der Waals surface area contributed by atoms with E-state index in [1.165, 1.54) is 0 Å². The average molecular weight is 301 g/mol. The Kier molecular flexibility index (Phi) is 8.30. The zero-order valence-electron chi connectivity index (χ0n) is 12.6. The Labute approximate surface area is 126 Å². The van der Waals surface area contributed by atoms with Crippen molar-refractivity contribution in [2.75, 3.05) is 36.9 Å². The number of ether oxygens (including phenoxy) is 1. The minimum Gasteiger partial charge on any atom is -0.381 e. The first-order chi connectivity index (χ1) is 9.63. The molecule has 2 N–H and O–H groups in total. The summed E-state index contributed by atoms with van der Waals surface area (Å²) in [5.41, 5.74) is 0. The van der Waals surface area contributed by atoms with Gasteiger partial charge in [-0.25, -0.2) is 4.98 Å². The van der Waals surface area contributed by atoms with Gasteiger partial charge in [0, 0.05) is 26.3 Å². The van der Waals surface area contributed by atoms with Crippen LogP contribution in [-0.2, 0) is 4.74 Å². The van der Waals surface area contributed by atoms with Gasteiger partial charge in [-0.3, -0.25) is 0 Å². The van der Waals surface area contributed by atoms with E-state index in [2.05, 4.69) is 41.4 Å². The Morgan fingerprint density at radius 2 is 2.10 bits per heavy atom. The van der Waals surface area contributed by atoms with Crippen LogP contribution in [0, 0.1) is 5.92 Å². The van der Waals surface area contributed by atoms with Crippen molar-refractivity contribution in [2.24, 2.45) is 5.92 Å². The summed E-state index contributed by atoms with van der Waals surface area (Å²) in [5, 5.41) is 6.89. The average Bonchev–Trinajstić information content (AvgIpc) is 2.42. The monoisotopic (exact) mass is 300 g/mol. The fourth-order valence-electron chi connectivity index (χ4n) is 1.51. The van der Waals surface area contributed by atoms with Crippen LogP contribution in [0.1, 0.15) is 33.6 Å². The Bertz CT molecular complexity index is 387. The molecule has 0 saturated heterocycles. The molecule has 0 radical (unpaired) electrons. The zero-order valence-corrected chi connectivity index (χ0v) is 13.3. The van der Waals surface area contributed by atoms with Gasteiger partial charge in [-0.15, -0.1) is 0 Å². The van der Waals surface area contributed by atoms with E-state index in [1.807, 2.05) is 0 Å². The number of nitrogens with one attached hydrogen (secondary N) is 2. The van der Waals surface area contributed by atoms with Gasteiger partial charge in [0.2, 0.25) is 5.95 Å². The van der Waals surface area contributed by atoms with Crippen molar-refractivity contribution in [1.82, 2.24) is 9.97 Å². The molecule has 1 aromatic rings. The lowest BCUT2D eigenvalue weighted by Crippen LogP contribution is -2.11. The van der Waals surface area contributed by atoms with Gasteiger partial charge in [0.25, 0.3) is 0 Å². The third-order valence-corrected chi connectivity index (χ3v) is 2.76. The van der Waals surface area contributed by atoms with Crippen LogP contribution in [0.25, 0.3) is 0 Å². The van der Waals surface area contributed by atoms with Gasteiger partial charge in [0.15, 0.2) is 0 Å². The van der Waals surface area contributed by atoms with E-state index in [9.17, 15) is 0 Å². The van der Waals surface area contributed by atoms with Crippen molar-refractivity contribution in [3.8, 4) is 0 Å². The first-order valence-corrected chi connectivity index (χ1v) is 7.59. The molecule has 0 fully saturated rings. The number of aromatic nitrogens is 2. The largest absolute Gasteiger partial charge is 0.381 e. The highest BCUT2D eigenvalue weighted by Gasteiger charge is 2.04. The second kappa shape index (κ2) is 9.77. The molecule has 0 spiro atoms. The van der Waals surface area contributed by atoms with Crippen LogP contribution in [0.3, 0.4) is 0 Å². The van der Waals surface area contributed by atoms with Gasteiger partial charge >= 0.3 is 0 Å². The zero-order chi connectivity index (χ0) is 14.8. The molecule has 1 aromatic heterocycles. The molecule has 0 atom stereocenters. The Hall–Kier alpha value is -1.07. The van der Waals surface area contributed by atoms with Crippen molar-refractivity contribution in [3.05, 3.63) is 11.2 Å². The topological polar surface area (TPSA) is 59.1 Å². The first-order valence-electron chi connectivity index (χ1n) is 7.21. The van der Waals surface area contributed by atoms with Gasteiger partial charge < -0.3 is 15.4 Å². The van der Waals surface area contributed by atoms with Crippen molar-refractivity contribution in [2.45, 2.75) is 33.6 Å². The number of halogens is 1. The molecule has 0 aliphatic heterocycles. The second-order valence-corrected chi connectivity index (χ2v) is 5.47. The smallest absolute Gasteiger partial charge is 0.224 e. The maximum absolute atomic E-state index is 6.07. The number of hydrogen-bond donors (Lipinski definition) is 2. The van der Waals surface area contributed by atoms with Gasteiger partial charge in [-0.2, -0.15) is 4.98 Å². The molecule has 0 aliphatic carbocycles. The lowest BCUT2D eigenvalue weighted by Gasteiger charge is -2.10. The summed E-state index contributed by atoms with van der Waals surface area (Å²) < 4.78 is 5.52. The van der Waals surface area contributed by atoms with Gasteiger partial charge in [-0.1, -0.05) is 32.4 Å². The summed E-state index contributed by atoms with van der Waals surface area (Å²) >= 11 is 6.07. The molecule has 0 amide bonds. The number of hydrogen-bond acceptors (Lipinski definition) is 5. The van der Waals surface area contributed by atoms with E-state index in [0.717, 1.165) is 39.1 Å². The van der Waals surface area contributed by atoms with Gasteiger partial charge in [-0.05, 0) is 18.8 Å². The molecule has 0 aliphatic rings. The fraction of sp³-hybridized carbons (Fsp3) is 0.714. The minimum absolute atomic E-state index is 0.537. The molecule has 114 valence electrons. The first kappa shape index (κ1) is 17.0. The van der Waals surface area contributed by atoms with E-state index in [0.29, 0.717) is 22.7 Å². The number of nitrogens with zero attached hydrogens (tertiary/aromatic N) is 2. The van der Waals surface area contributed by atoms with Crippen LogP contribution in [0.2, 0.25) is 5.02 Å². The van der Waals surface area contributed by atoms with Crippen LogP contribution in [-0.4, -0.2) is 36.3 Å².